The average molecular weight is 189 g/mol. The summed E-state index contributed by atoms with van der Waals surface area (Å²) in [5, 5.41) is 4.78. The first-order valence-electron chi connectivity index (χ1n) is 2.47. The molecule has 0 aromatic heterocycles. The molecule has 0 saturated heterocycles. The van der Waals surface area contributed by atoms with E-state index in [1.807, 2.05) is 0 Å². The summed E-state index contributed by atoms with van der Waals surface area (Å²) in [7, 11) is -5.94. The van der Waals surface area contributed by atoms with Gasteiger partial charge >= 0.3 is 10.2 Å². The highest BCUT2D eigenvalue weighted by Crippen LogP contribution is 1.94. The summed E-state index contributed by atoms with van der Waals surface area (Å²) >= 11 is 0. The van der Waals surface area contributed by atoms with E-state index in [0.29, 0.717) is 0 Å². The van der Waals surface area contributed by atoms with Crippen molar-refractivity contribution in [2.24, 2.45) is 5.14 Å². The van der Waals surface area contributed by atoms with E-state index in [0.717, 1.165) is 0 Å². The van der Waals surface area contributed by atoms with Crippen molar-refractivity contribution in [2.45, 2.75) is 6.42 Å². The first kappa shape index (κ1) is 9.99. The Morgan fingerprint density at radius 2 is 2.00 bits per heavy atom. The van der Waals surface area contributed by atoms with Gasteiger partial charge in [-0.2, -0.15) is 8.42 Å². The van der Waals surface area contributed by atoms with E-state index in [-0.39, 0.29) is 12.2 Å². The number of hydrogen-bond acceptors (Lipinski definition) is 3. The summed E-state index contributed by atoms with van der Waals surface area (Å²) in [6.45, 7) is 0. The first-order valence-corrected chi connectivity index (χ1v) is 5.40. The molecular formula is C3H8FNO3S2. The molecule has 62 valence electrons. The molecule has 1 unspecified atom stereocenters. The molecule has 0 fully saturated rings. The minimum absolute atomic E-state index is 0.00193. The molecule has 2 N–H and O–H groups in total. The Kier molecular flexibility index (Phi) is 3.99. The van der Waals surface area contributed by atoms with Gasteiger partial charge in [0.1, 0.15) is 0 Å². The molecule has 0 aliphatic rings. The second-order valence-corrected chi connectivity index (χ2v) is 4.34. The van der Waals surface area contributed by atoms with Crippen LogP contribution in [0.5, 0.6) is 0 Å². The van der Waals surface area contributed by atoms with Crippen molar-refractivity contribution in [2.75, 3.05) is 11.5 Å². The fourth-order valence-corrected chi connectivity index (χ4v) is 1.47. The van der Waals surface area contributed by atoms with E-state index in [1.165, 1.54) is 0 Å². The fraction of sp³-hybridized carbons (Fsp3) is 1.00. The van der Waals surface area contributed by atoms with Gasteiger partial charge in [0, 0.05) is 5.75 Å². The zero-order valence-electron chi connectivity index (χ0n) is 5.12. The predicted octanol–water partition coefficient (Wildman–Crippen LogP) is -0.702. The zero-order chi connectivity index (χ0) is 8.20. The SMILES string of the molecule is NS(=O)CCCS(=O)(=O)F. The van der Waals surface area contributed by atoms with Crippen LogP contribution < -0.4 is 5.14 Å². The van der Waals surface area contributed by atoms with Crippen LogP contribution in [0.15, 0.2) is 0 Å². The summed E-state index contributed by atoms with van der Waals surface area (Å²) in [5.74, 6) is -0.584. The van der Waals surface area contributed by atoms with Gasteiger partial charge in [-0.05, 0) is 6.42 Å². The Hall–Kier alpha value is -0.0100. The Morgan fingerprint density at radius 1 is 1.50 bits per heavy atom. The van der Waals surface area contributed by atoms with E-state index in [9.17, 15) is 16.5 Å². The lowest BCUT2D eigenvalue weighted by Crippen LogP contribution is -2.10. The third-order valence-electron chi connectivity index (χ3n) is 0.734. The highest BCUT2D eigenvalue weighted by molar-refractivity contribution is 7.86. The van der Waals surface area contributed by atoms with E-state index in [2.05, 4.69) is 0 Å². The van der Waals surface area contributed by atoms with Gasteiger partial charge in [-0.3, -0.25) is 5.14 Å². The van der Waals surface area contributed by atoms with Gasteiger partial charge < -0.3 is 0 Å². The molecule has 0 heterocycles. The minimum Gasteiger partial charge on any atom is -0.252 e. The molecule has 0 spiro atoms. The average Bonchev–Trinajstić information content (AvgIpc) is 1.59. The van der Waals surface area contributed by atoms with Crippen LogP contribution in [0, 0.1) is 0 Å². The number of halogens is 1. The van der Waals surface area contributed by atoms with Crippen LogP contribution in [0.4, 0.5) is 3.89 Å². The topological polar surface area (TPSA) is 77.2 Å². The molecule has 0 amide bonds. The molecule has 0 aromatic rings. The molecular weight excluding hydrogens is 181 g/mol. The van der Waals surface area contributed by atoms with Crippen LogP contribution in [0.2, 0.25) is 0 Å². The molecule has 7 heteroatoms. The summed E-state index contributed by atoms with van der Waals surface area (Å²) < 4.78 is 41.4. The molecule has 0 rings (SSSR count). The second kappa shape index (κ2) is 3.99. The molecule has 1 atom stereocenters. The Labute approximate surface area is 61.4 Å². The predicted molar refractivity (Wildman–Crippen MR) is 36.7 cm³/mol. The highest BCUT2D eigenvalue weighted by Gasteiger charge is 2.06. The molecule has 0 aliphatic heterocycles. The van der Waals surface area contributed by atoms with Gasteiger partial charge in [0.15, 0.2) is 0 Å². The Balaban J connectivity index is 3.49. The molecule has 0 bridgehead atoms. The number of rotatable bonds is 4. The van der Waals surface area contributed by atoms with Gasteiger partial charge in [0.25, 0.3) is 0 Å². The van der Waals surface area contributed by atoms with Crippen LogP contribution in [0.3, 0.4) is 0 Å². The minimum atomic E-state index is -4.41. The largest absolute Gasteiger partial charge is 0.302 e. The van der Waals surface area contributed by atoms with Gasteiger partial charge in [0.2, 0.25) is 0 Å². The molecule has 4 nitrogen and oxygen atoms in total. The third-order valence-corrected chi connectivity index (χ3v) is 2.20. The maximum absolute atomic E-state index is 11.7. The summed E-state index contributed by atoms with van der Waals surface area (Å²) in [5.41, 5.74) is 0. The van der Waals surface area contributed by atoms with E-state index < -0.39 is 27.0 Å². The maximum atomic E-state index is 11.7. The van der Waals surface area contributed by atoms with Crippen molar-refractivity contribution in [1.82, 2.24) is 0 Å². The normalized spacial score (nSPS) is 15.0. The van der Waals surface area contributed by atoms with Crippen LogP contribution >= 0.6 is 0 Å². The van der Waals surface area contributed by atoms with Crippen molar-refractivity contribution in [3.63, 3.8) is 0 Å². The molecule has 0 radical (unpaired) electrons. The van der Waals surface area contributed by atoms with E-state index >= 15 is 0 Å². The lowest BCUT2D eigenvalue weighted by atomic mass is 10.6. The Bertz CT molecular complexity index is 212. The number of hydrogen-bond donors (Lipinski definition) is 1. The lowest BCUT2D eigenvalue weighted by Gasteiger charge is -1.91. The van der Waals surface area contributed by atoms with Crippen molar-refractivity contribution >= 4 is 21.2 Å². The van der Waals surface area contributed by atoms with Gasteiger partial charge in [-0.25, -0.2) is 4.21 Å². The van der Waals surface area contributed by atoms with Crippen LogP contribution in [-0.2, 0) is 21.2 Å². The standard InChI is InChI=1S/C3H8FNO3S2/c4-10(7,8)3-1-2-9(5)6/h1-3,5H2. The zero-order valence-corrected chi connectivity index (χ0v) is 6.75. The van der Waals surface area contributed by atoms with Gasteiger partial charge in [-0.1, -0.05) is 0 Å². The van der Waals surface area contributed by atoms with Crippen molar-refractivity contribution in [3.8, 4) is 0 Å². The third kappa shape index (κ3) is 7.99. The van der Waals surface area contributed by atoms with Gasteiger partial charge in [-0.15, -0.1) is 3.89 Å². The molecule has 0 saturated carbocycles. The quantitative estimate of drug-likeness (QED) is 0.594. The van der Waals surface area contributed by atoms with Crippen LogP contribution in [0.1, 0.15) is 6.42 Å². The molecule has 10 heavy (non-hydrogen) atoms. The smallest absolute Gasteiger partial charge is 0.252 e. The molecule has 0 aromatic carbocycles. The molecule has 0 aliphatic carbocycles. The van der Waals surface area contributed by atoms with Crippen molar-refractivity contribution < 1.29 is 16.5 Å². The lowest BCUT2D eigenvalue weighted by molar-refractivity contribution is 0.551. The maximum Gasteiger partial charge on any atom is 0.302 e. The summed E-state index contributed by atoms with van der Waals surface area (Å²) in [4.78, 5) is 0. The summed E-state index contributed by atoms with van der Waals surface area (Å²) in [6.07, 6.45) is 0.00193. The highest BCUT2D eigenvalue weighted by atomic mass is 32.3. The van der Waals surface area contributed by atoms with Crippen LogP contribution in [0.25, 0.3) is 0 Å². The van der Waals surface area contributed by atoms with Crippen molar-refractivity contribution in [1.29, 1.82) is 0 Å². The second-order valence-electron chi connectivity index (χ2n) is 1.68. The number of nitrogens with two attached hydrogens (primary N) is 1. The van der Waals surface area contributed by atoms with Crippen molar-refractivity contribution in [3.05, 3.63) is 0 Å². The van der Waals surface area contributed by atoms with Crippen LogP contribution in [-0.4, -0.2) is 24.1 Å². The van der Waals surface area contributed by atoms with Gasteiger partial charge in [0.05, 0.1) is 16.7 Å². The Morgan fingerprint density at radius 3 is 2.30 bits per heavy atom. The van der Waals surface area contributed by atoms with E-state index in [4.69, 9.17) is 5.14 Å². The van der Waals surface area contributed by atoms with E-state index in [1.54, 1.807) is 0 Å². The summed E-state index contributed by atoms with van der Waals surface area (Å²) in [6, 6.07) is 0. The first-order chi connectivity index (χ1) is 4.42. The fourth-order valence-electron chi connectivity index (χ4n) is 0.374. The monoisotopic (exact) mass is 189 g/mol.